The van der Waals surface area contributed by atoms with Crippen LogP contribution in [0, 0.1) is 0 Å². The van der Waals surface area contributed by atoms with Crippen LogP contribution in [0.5, 0.6) is 0 Å². The molecule has 4 heteroatoms. The Morgan fingerprint density at radius 3 is 2.94 bits per heavy atom. The SMILES string of the molecule is CCC(C)NC(=O)CCCC[C@H]1CCSS1. The Morgan fingerprint density at radius 1 is 1.50 bits per heavy atom. The lowest BCUT2D eigenvalue weighted by molar-refractivity contribution is -0.121. The van der Waals surface area contributed by atoms with Gasteiger partial charge in [0.2, 0.25) is 5.91 Å². The summed E-state index contributed by atoms with van der Waals surface area (Å²) in [5.41, 5.74) is 0. The van der Waals surface area contributed by atoms with Gasteiger partial charge in [-0.05, 0) is 32.6 Å². The van der Waals surface area contributed by atoms with Gasteiger partial charge in [0, 0.05) is 23.5 Å². The lowest BCUT2D eigenvalue weighted by Crippen LogP contribution is -2.31. The number of hydrogen-bond acceptors (Lipinski definition) is 3. The number of nitrogens with one attached hydrogen (secondary N) is 1. The van der Waals surface area contributed by atoms with E-state index >= 15 is 0 Å². The number of carbonyl (C=O) groups excluding carboxylic acids is 1. The first-order valence-electron chi connectivity index (χ1n) is 6.30. The molecule has 2 nitrogen and oxygen atoms in total. The van der Waals surface area contributed by atoms with Gasteiger partial charge in [-0.1, -0.05) is 34.9 Å². The van der Waals surface area contributed by atoms with Crippen LogP contribution in [0.15, 0.2) is 0 Å². The molecule has 1 aliphatic rings. The van der Waals surface area contributed by atoms with Crippen molar-refractivity contribution in [1.29, 1.82) is 0 Å². The Balaban J connectivity index is 1.95. The molecule has 0 bridgehead atoms. The summed E-state index contributed by atoms with van der Waals surface area (Å²) >= 11 is 0. The highest BCUT2D eigenvalue weighted by Gasteiger charge is 2.15. The fourth-order valence-electron chi connectivity index (χ4n) is 1.67. The minimum Gasteiger partial charge on any atom is -0.354 e. The third kappa shape index (κ3) is 6.04. The van der Waals surface area contributed by atoms with Gasteiger partial charge in [-0.3, -0.25) is 4.79 Å². The number of unbranched alkanes of at least 4 members (excludes halogenated alkanes) is 1. The summed E-state index contributed by atoms with van der Waals surface area (Å²) in [5.74, 6) is 1.53. The van der Waals surface area contributed by atoms with Crippen molar-refractivity contribution in [2.24, 2.45) is 0 Å². The third-order valence-corrected chi connectivity index (χ3v) is 5.93. The molecule has 16 heavy (non-hydrogen) atoms. The van der Waals surface area contributed by atoms with Gasteiger partial charge in [-0.25, -0.2) is 0 Å². The summed E-state index contributed by atoms with van der Waals surface area (Å²) in [5, 5.41) is 3.86. The number of hydrogen-bond donors (Lipinski definition) is 1. The van der Waals surface area contributed by atoms with E-state index in [2.05, 4.69) is 19.2 Å². The van der Waals surface area contributed by atoms with E-state index < -0.39 is 0 Å². The second-order valence-electron chi connectivity index (χ2n) is 4.45. The molecular weight excluding hydrogens is 238 g/mol. The van der Waals surface area contributed by atoms with Crippen molar-refractivity contribution in [3.05, 3.63) is 0 Å². The number of carbonyl (C=O) groups is 1. The van der Waals surface area contributed by atoms with Crippen molar-refractivity contribution in [3.8, 4) is 0 Å². The number of amides is 1. The monoisotopic (exact) mass is 261 g/mol. The van der Waals surface area contributed by atoms with Crippen molar-refractivity contribution < 1.29 is 4.79 Å². The minimum absolute atomic E-state index is 0.225. The molecule has 0 spiro atoms. The van der Waals surface area contributed by atoms with Crippen LogP contribution in [0.1, 0.15) is 52.4 Å². The fraction of sp³-hybridized carbons (Fsp3) is 0.917. The maximum absolute atomic E-state index is 11.5. The topological polar surface area (TPSA) is 29.1 Å². The summed E-state index contributed by atoms with van der Waals surface area (Å²) in [6.45, 7) is 4.16. The normalized spacial score (nSPS) is 22.0. The van der Waals surface area contributed by atoms with Crippen molar-refractivity contribution >= 4 is 27.5 Å². The zero-order valence-electron chi connectivity index (χ0n) is 10.3. The smallest absolute Gasteiger partial charge is 0.220 e. The molecule has 1 fully saturated rings. The molecule has 0 aliphatic carbocycles. The molecule has 1 saturated heterocycles. The van der Waals surface area contributed by atoms with Crippen LogP contribution in [-0.2, 0) is 4.79 Å². The van der Waals surface area contributed by atoms with E-state index in [1.54, 1.807) is 0 Å². The highest BCUT2D eigenvalue weighted by Crippen LogP contribution is 2.39. The highest BCUT2D eigenvalue weighted by molar-refractivity contribution is 8.77. The van der Waals surface area contributed by atoms with Gasteiger partial charge in [0.15, 0.2) is 0 Å². The Hall–Kier alpha value is 0.170. The molecule has 94 valence electrons. The quantitative estimate of drug-likeness (QED) is 0.560. The van der Waals surface area contributed by atoms with Gasteiger partial charge in [-0.2, -0.15) is 0 Å². The Labute approximate surface area is 107 Å². The molecule has 0 aromatic carbocycles. The summed E-state index contributed by atoms with van der Waals surface area (Å²) < 4.78 is 0. The zero-order valence-corrected chi connectivity index (χ0v) is 12.0. The van der Waals surface area contributed by atoms with Gasteiger partial charge in [0.05, 0.1) is 0 Å². The Morgan fingerprint density at radius 2 is 2.31 bits per heavy atom. The minimum atomic E-state index is 0.225. The average Bonchev–Trinajstić information content (AvgIpc) is 2.77. The summed E-state index contributed by atoms with van der Waals surface area (Å²) in [4.78, 5) is 11.5. The summed E-state index contributed by atoms with van der Waals surface area (Å²) in [7, 11) is 4.03. The van der Waals surface area contributed by atoms with Crippen LogP contribution in [0.25, 0.3) is 0 Å². The average molecular weight is 261 g/mol. The predicted molar refractivity (Wildman–Crippen MR) is 74.8 cm³/mol. The van der Waals surface area contributed by atoms with Crippen LogP contribution >= 0.6 is 21.6 Å². The largest absolute Gasteiger partial charge is 0.354 e. The highest BCUT2D eigenvalue weighted by atomic mass is 33.1. The molecule has 2 atom stereocenters. The molecule has 1 unspecified atom stereocenters. The molecule has 1 N–H and O–H groups in total. The van der Waals surface area contributed by atoms with Crippen LogP contribution in [0.4, 0.5) is 0 Å². The van der Waals surface area contributed by atoms with E-state index in [4.69, 9.17) is 0 Å². The first-order chi connectivity index (χ1) is 7.72. The van der Waals surface area contributed by atoms with E-state index in [0.29, 0.717) is 12.5 Å². The van der Waals surface area contributed by atoms with E-state index in [9.17, 15) is 4.79 Å². The third-order valence-electron chi connectivity index (χ3n) is 2.93. The zero-order chi connectivity index (χ0) is 11.8. The first-order valence-corrected chi connectivity index (χ1v) is 8.68. The van der Waals surface area contributed by atoms with E-state index in [1.807, 2.05) is 21.6 Å². The molecule has 1 aliphatic heterocycles. The Kier molecular flexibility index (Phi) is 7.37. The summed E-state index contributed by atoms with van der Waals surface area (Å²) in [6.07, 6.45) is 6.61. The van der Waals surface area contributed by atoms with Crippen molar-refractivity contribution in [1.82, 2.24) is 5.32 Å². The lowest BCUT2D eigenvalue weighted by atomic mass is 10.1. The van der Waals surface area contributed by atoms with Crippen LogP contribution in [0.3, 0.4) is 0 Å². The molecule has 1 amide bonds. The van der Waals surface area contributed by atoms with E-state index in [0.717, 1.165) is 18.1 Å². The van der Waals surface area contributed by atoms with E-state index in [1.165, 1.54) is 25.0 Å². The first kappa shape index (κ1) is 14.2. The van der Waals surface area contributed by atoms with Crippen LogP contribution in [-0.4, -0.2) is 23.0 Å². The maximum atomic E-state index is 11.5. The fourth-order valence-corrected chi connectivity index (χ4v) is 4.70. The van der Waals surface area contributed by atoms with E-state index in [-0.39, 0.29) is 5.91 Å². The maximum Gasteiger partial charge on any atom is 0.220 e. The lowest BCUT2D eigenvalue weighted by Gasteiger charge is -2.11. The molecule has 0 saturated carbocycles. The molecule has 1 rings (SSSR count). The Bertz CT molecular complexity index is 205. The van der Waals surface area contributed by atoms with Crippen molar-refractivity contribution in [3.63, 3.8) is 0 Å². The van der Waals surface area contributed by atoms with Gasteiger partial charge in [0.1, 0.15) is 0 Å². The van der Waals surface area contributed by atoms with Crippen molar-refractivity contribution in [2.75, 3.05) is 5.75 Å². The molecule has 0 aromatic rings. The number of rotatable bonds is 7. The molecule has 0 radical (unpaired) electrons. The van der Waals surface area contributed by atoms with Crippen LogP contribution < -0.4 is 5.32 Å². The molecular formula is C12H23NOS2. The standard InChI is InChI=1S/C12H23NOS2/c1-3-10(2)13-12(14)7-5-4-6-11-8-9-15-16-11/h10-11H,3-9H2,1-2H3,(H,13,14)/t10?,11-/m0/s1. The van der Waals surface area contributed by atoms with Gasteiger partial charge < -0.3 is 5.32 Å². The molecule has 0 aromatic heterocycles. The predicted octanol–water partition coefficient (Wildman–Crippen LogP) is 3.62. The second-order valence-corrected chi connectivity index (χ2v) is 7.24. The molecule has 1 heterocycles. The van der Waals surface area contributed by atoms with Crippen molar-refractivity contribution in [2.45, 2.75) is 63.7 Å². The van der Waals surface area contributed by atoms with Gasteiger partial charge >= 0.3 is 0 Å². The second kappa shape index (κ2) is 8.29. The summed E-state index contributed by atoms with van der Waals surface area (Å²) in [6, 6.07) is 0.328. The van der Waals surface area contributed by atoms with Crippen LogP contribution in [0.2, 0.25) is 0 Å². The van der Waals surface area contributed by atoms with Gasteiger partial charge in [-0.15, -0.1) is 0 Å². The van der Waals surface area contributed by atoms with Gasteiger partial charge in [0.25, 0.3) is 0 Å².